The van der Waals surface area contributed by atoms with Gasteiger partial charge in [-0.15, -0.1) is 0 Å². The van der Waals surface area contributed by atoms with E-state index in [0.29, 0.717) is 70.3 Å². The van der Waals surface area contributed by atoms with Crippen LogP contribution < -0.4 is 16.0 Å². The number of esters is 1. The molecule has 2 heterocycles. The lowest BCUT2D eigenvalue weighted by molar-refractivity contribution is -0.149. The number of methoxy groups -OCH3 is 3. The van der Waals surface area contributed by atoms with Crippen LogP contribution in [0.15, 0.2) is 60.7 Å². The molecule has 0 bridgehead atoms. The van der Waals surface area contributed by atoms with E-state index in [4.69, 9.17) is 14.2 Å². The van der Waals surface area contributed by atoms with E-state index in [1.807, 2.05) is 102 Å². The molecule has 0 spiro atoms. The number of hydrogen-bond donors (Lipinski definition) is 3. The first-order valence-electron chi connectivity index (χ1n) is 26.9. The maximum atomic E-state index is 14.8. The second-order valence-electron chi connectivity index (χ2n) is 21.3. The fourth-order valence-electron chi connectivity index (χ4n) is 10.8. The van der Waals surface area contributed by atoms with Crippen LogP contribution in [0, 0.1) is 29.6 Å². The number of benzene rings is 1. The van der Waals surface area contributed by atoms with Crippen LogP contribution in [-0.2, 0) is 59.1 Å². The molecule has 1 fully saturated rings. The predicted molar refractivity (Wildman–Crippen MR) is 287 cm³/mol. The van der Waals surface area contributed by atoms with Crippen LogP contribution in [0.5, 0.6) is 0 Å². The summed E-state index contributed by atoms with van der Waals surface area (Å²) in [6.45, 7) is 14.6. The van der Waals surface area contributed by atoms with Crippen molar-refractivity contribution in [3.8, 4) is 0 Å². The van der Waals surface area contributed by atoms with Crippen LogP contribution >= 0.6 is 0 Å². The molecule has 0 saturated carbocycles. The number of hydrogen-bond acceptors (Lipinski definition) is 12. The Bertz CT molecular complexity index is 2190. The summed E-state index contributed by atoms with van der Waals surface area (Å²) in [6.07, 6.45) is 14.3. The number of likely N-dealkylation sites (N-methyl/N-ethyl adjacent to an activating group) is 2. The summed E-state index contributed by atoms with van der Waals surface area (Å²) in [5.74, 6) is -3.68. The molecule has 7 amide bonds. The van der Waals surface area contributed by atoms with Crippen molar-refractivity contribution >= 4 is 53.0 Å². The number of carbonyl (C=O) groups excluding carboxylic acids is 8. The first kappa shape index (κ1) is 61.8. The number of nitrogens with one attached hydrogen (secondary N) is 3. The highest BCUT2D eigenvalue weighted by atomic mass is 16.5. The standard InChI is InChI=1S/C57H87N7O11/c1-13-38(6)52(45(73-10)34-49(68)63-31-21-26-44(63)53(74-11)39(7)54(69)59-43(57(72)75-12)33-40-22-16-14-17-23-40)62(9)56(71)50(36(2)3)60-55(70)51(37(4)5)61(8)35-41-24-20-25-42(32-41)58-46(65)27-18-15-19-30-64-47(66)28-29-48(64)67/h14,16-17,20,22,24-25,28-29,32,36-40,43-45,50-53H,13,15,18-19,21,23,26-27,30-31,33-35H2,1-12H3,(H,58,65)(H,59,69)(H,60,70)/t38-,39+,40?,43-,44-,45+,50-,51-,52-,53+/m0/s1. The van der Waals surface area contributed by atoms with Crippen LogP contribution in [0.25, 0.3) is 0 Å². The average molecular weight is 1050 g/mol. The lowest BCUT2D eigenvalue weighted by Crippen LogP contribution is -2.60. The molecule has 0 aromatic heterocycles. The van der Waals surface area contributed by atoms with E-state index in [9.17, 15) is 38.4 Å². The zero-order valence-electron chi connectivity index (χ0n) is 46.7. The molecular formula is C57H87N7O11. The Balaban J connectivity index is 1.40. The minimum atomic E-state index is -0.898. The number of carbonyl (C=O) groups is 8. The second kappa shape index (κ2) is 30.1. The van der Waals surface area contributed by atoms with Gasteiger partial charge in [0.1, 0.15) is 12.1 Å². The second-order valence-corrected chi connectivity index (χ2v) is 21.3. The Labute approximate surface area is 445 Å². The molecule has 1 saturated heterocycles. The fraction of sp³-hybridized carbons (Fsp3) is 0.649. The number of rotatable bonds is 30. The largest absolute Gasteiger partial charge is 0.467 e. The van der Waals surface area contributed by atoms with E-state index in [0.717, 1.165) is 12.0 Å². The number of likely N-dealkylation sites (tertiary alicyclic amines) is 1. The van der Waals surface area contributed by atoms with Gasteiger partial charge < -0.3 is 40.0 Å². The van der Waals surface area contributed by atoms with Gasteiger partial charge in [-0.3, -0.25) is 43.4 Å². The molecule has 2 aliphatic heterocycles. The molecule has 3 aliphatic rings. The Kier molecular flexibility index (Phi) is 24.8. The monoisotopic (exact) mass is 1050 g/mol. The molecule has 1 aromatic carbocycles. The minimum Gasteiger partial charge on any atom is -0.467 e. The SMILES string of the molecule is CC[C@H](C)[C@@H]([C@@H](CC(=O)N1CCC[C@H]1[C@H](OC)[C@@H](C)C(=O)N[C@@H](CC1C=CC=CC1)C(=O)OC)OC)N(C)C(=O)[C@@H](NC(=O)[C@H](C(C)C)N(C)Cc1cccc(NC(=O)CCCCCN2C(=O)C=CC2=O)c1)C(C)C. The first-order chi connectivity index (χ1) is 35.7. The van der Waals surface area contributed by atoms with Gasteiger partial charge in [-0.25, -0.2) is 4.79 Å². The number of allylic oxidation sites excluding steroid dienone is 4. The highest BCUT2D eigenvalue weighted by Crippen LogP contribution is 2.30. The third-order valence-electron chi connectivity index (χ3n) is 15.1. The van der Waals surface area contributed by atoms with Crippen molar-refractivity contribution in [1.82, 2.24) is 30.2 Å². The Hall–Kier alpha value is -5.72. The molecule has 1 aromatic rings. The molecule has 416 valence electrons. The number of nitrogens with zero attached hydrogens (tertiary/aromatic N) is 4. The van der Waals surface area contributed by atoms with E-state index < -0.39 is 54.3 Å². The molecule has 3 N–H and O–H groups in total. The number of ether oxygens (including phenoxy) is 3. The predicted octanol–water partition coefficient (Wildman–Crippen LogP) is 5.81. The Morgan fingerprint density at radius 1 is 0.853 bits per heavy atom. The average Bonchev–Trinajstić information content (AvgIpc) is 3.99. The van der Waals surface area contributed by atoms with Gasteiger partial charge in [0, 0.05) is 65.2 Å². The van der Waals surface area contributed by atoms with Crippen molar-refractivity contribution in [2.24, 2.45) is 29.6 Å². The molecule has 4 rings (SSSR count). The molecule has 18 nitrogen and oxygen atoms in total. The first-order valence-corrected chi connectivity index (χ1v) is 26.9. The summed E-state index contributed by atoms with van der Waals surface area (Å²) in [5.41, 5.74) is 1.50. The Morgan fingerprint density at radius 2 is 1.56 bits per heavy atom. The molecule has 0 radical (unpaired) electrons. The van der Waals surface area contributed by atoms with E-state index in [1.54, 1.807) is 23.8 Å². The van der Waals surface area contributed by atoms with E-state index in [1.165, 1.54) is 38.4 Å². The molecule has 75 heavy (non-hydrogen) atoms. The van der Waals surface area contributed by atoms with E-state index in [-0.39, 0.29) is 77.9 Å². The van der Waals surface area contributed by atoms with Crippen LogP contribution in [-0.4, -0.2) is 158 Å². The van der Waals surface area contributed by atoms with Gasteiger partial charge in [-0.1, -0.05) is 97.7 Å². The van der Waals surface area contributed by atoms with Crippen molar-refractivity contribution in [2.75, 3.05) is 53.8 Å². The zero-order valence-corrected chi connectivity index (χ0v) is 46.7. The van der Waals surface area contributed by atoms with Crippen LogP contribution in [0.3, 0.4) is 0 Å². The quantitative estimate of drug-likeness (QED) is 0.0474. The minimum absolute atomic E-state index is 0.0421. The Morgan fingerprint density at radius 3 is 2.16 bits per heavy atom. The van der Waals surface area contributed by atoms with Gasteiger partial charge in [-0.2, -0.15) is 0 Å². The maximum absolute atomic E-state index is 14.8. The third-order valence-corrected chi connectivity index (χ3v) is 15.1. The van der Waals surface area contributed by atoms with Crippen LogP contribution in [0.2, 0.25) is 0 Å². The summed E-state index contributed by atoms with van der Waals surface area (Å²) >= 11 is 0. The van der Waals surface area contributed by atoms with Crippen molar-refractivity contribution in [3.05, 3.63) is 66.3 Å². The summed E-state index contributed by atoms with van der Waals surface area (Å²) in [6, 6.07) is 4.11. The van der Waals surface area contributed by atoms with Gasteiger partial charge in [0.15, 0.2) is 0 Å². The number of anilines is 1. The molecule has 10 atom stereocenters. The van der Waals surface area contributed by atoms with Gasteiger partial charge in [0.2, 0.25) is 29.5 Å². The highest BCUT2D eigenvalue weighted by Gasteiger charge is 2.44. The van der Waals surface area contributed by atoms with Crippen LogP contribution in [0.1, 0.15) is 118 Å². The molecule has 1 aliphatic carbocycles. The summed E-state index contributed by atoms with van der Waals surface area (Å²) in [7, 11) is 7.93. The highest BCUT2D eigenvalue weighted by molar-refractivity contribution is 6.12. The number of unbranched alkanes of at least 4 members (excludes halogenated alkanes) is 2. The van der Waals surface area contributed by atoms with E-state index in [2.05, 4.69) is 16.0 Å². The summed E-state index contributed by atoms with van der Waals surface area (Å²) in [4.78, 5) is 113. The maximum Gasteiger partial charge on any atom is 0.328 e. The van der Waals surface area contributed by atoms with Crippen molar-refractivity contribution in [3.63, 3.8) is 0 Å². The molecule has 1 unspecified atom stereocenters. The van der Waals surface area contributed by atoms with Gasteiger partial charge in [-0.05, 0) is 86.9 Å². The lowest BCUT2D eigenvalue weighted by atomic mass is 9.89. The van der Waals surface area contributed by atoms with Crippen molar-refractivity contribution < 1.29 is 52.6 Å². The fourth-order valence-corrected chi connectivity index (χ4v) is 10.8. The number of amides is 7. The number of imide groups is 1. The van der Waals surface area contributed by atoms with Crippen molar-refractivity contribution in [2.45, 2.75) is 162 Å². The topological polar surface area (TPSA) is 213 Å². The zero-order chi connectivity index (χ0) is 55.5. The van der Waals surface area contributed by atoms with Gasteiger partial charge >= 0.3 is 5.97 Å². The third kappa shape index (κ3) is 17.4. The summed E-state index contributed by atoms with van der Waals surface area (Å²) in [5, 5.41) is 8.98. The van der Waals surface area contributed by atoms with E-state index >= 15 is 0 Å². The lowest BCUT2D eigenvalue weighted by Gasteiger charge is -2.41. The van der Waals surface area contributed by atoms with Crippen LogP contribution in [0.4, 0.5) is 5.69 Å². The molecule has 18 heteroatoms. The van der Waals surface area contributed by atoms with Gasteiger partial charge in [0.25, 0.3) is 11.8 Å². The smallest absolute Gasteiger partial charge is 0.328 e. The summed E-state index contributed by atoms with van der Waals surface area (Å²) < 4.78 is 17.2. The normalized spacial score (nSPS) is 19.7. The van der Waals surface area contributed by atoms with Gasteiger partial charge in [0.05, 0.1) is 49.8 Å². The molecular weight excluding hydrogens is 959 g/mol. The van der Waals surface area contributed by atoms with Crippen molar-refractivity contribution in [1.29, 1.82) is 0 Å².